The first kappa shape index (κ1) is 18.9. The van der Waals surface area contributed by atoms with Gasteiger partial charge < -0.3 is 4.90 Å². The molecule has 0 radical (unpaired) electrons. The number of carbonyl (C=O) groups excluding carboxylic acids is 1. The highest BCUT2D eigenvalue weighted by Crippen LogP contribution is 2.24. The van der Waals surface area contributed by atoms with E-state index in [1.807, 2.05) is 4.90 Å². The van der Waals surface area contributed by atoms with Gasteiger partial charge in [0.1, 0.15) is 11.9 Å². The van der Waals surface area contributed by atoms with Crippen molar-refractivity contribution in [2.45, 2.75) is 56.9 Å². The molecule has 2 aliphatic rings. The molecule has 1 fully saturated rings. The molecular weight excluding hydrogens is 350 g/mol. The molecule has 1 aromatic carbocycles. The monoisotopic (exact) mass is 377 g/mol. The zero-order chi connectivity index (χ0) is 18.7. The number of benzene rings is 1. The Bertz CT molecular complexity index is 796. The maximum absolute atomic E-state index is 13.0. The lowest BCUT2D eigenvalue weighted by atomic mass is 9.98. The van der Waals surface area contributed by atoms with Crippen LogP contribution in [0.25, 0.3) is 0 Å². The first-order valence-electron chi connectivity index (χ1n) is 9.41. The van der Waals surface area contributed by atoms with Gasteiger partial charge in [0.05, 0.1) is 4.90 Å². The molecule has 1 unspecified atom stereocenters. The molecule has 0 aromatic heterocycles. The summed E-state index contributed by atoms with van der Waals surface area (Å²) in [6, 6.07) is 6.23. The summed E-state index contributed by atoms with van der Waals surface area (Å²) in [4.78, 5) is 19.7. The number of carbonyl (C=O) groups is 1. The topological polar surface area (TPSA) is 78.8 Å². The molecule has 2 heterocycles. The average molecular weight is 378 g/mol. The van der Waals surface area contributed by atoms with Crippen LogP contribution in [0.3, 0.4) is 0 Å². The van der Waals surface area contributed by atoms with Crippen molar-refractivity contribution >= 4 is 21.8 Å². The number of sulfonamides is 1. The first-order valence-corrected chi connectivity index (χ1v) is 10.9. The van der Waals surface area contributed by atoms with E-state index in [9.17, 15) is 13.2 Å². The van der Waals surface area contributed by atoms with Gasteiger partial charge in [-0.05, 0) is 37.3 Å². The summed E-state index contributed by atoms with van der Waals surface area (Å²) >= 11 is 0. The molecule has 1 atom stereocenters. The summed E-state index contributed by atoms with van der Waals surface area (Å²) in [6.07, 6.45) is 4.51. The van der Waals surface area contributed by atoms with E-state index in [-0.39, 0.29) is 10.8 Å². The second kappa shape index (κ2) is 7.78. The maximum atomic E-state index is 13.0. The van der Waals surface area contributed by atoms with E-state index in [0.717, 1.165) is 38.8 Å². The highest BCUT2D eigenvalue weighted by molar-refractivity contribution is 7.90. The fourth-order valence-corrected chi connectivity index (χ4v) is 4.71. The summed E-state index contributed by atoms with van der Waals surface area (Å²) in [5, 5.41) is 0. The average Bonchev–Trinajstić information content (AvgIpc) is 2.89. The molecule has 7 heteroatoms. The molecule has 142 valence electrons. The Morgan fingerprint density at radius 3 is 2.69 bits per heavy atom. The van der Waals surface area contributed by atoms with Crippen molar-refractivity contribution in [3.63, 3.8) is 0 Å². The van der Waals surface area contributed by atoms with Crippen LogP contribution in [0, 0.1) is 5.92 Å². The number of amidine groups is 1. The van der Waals surface area contributed by atoms with E-state index < -0.39 is 16.1 Å². The van der Waals surface area contributed by atoms with Crippen LogP contribution >= 0.6 is 0 Å². The number of piperidine rings is 1. The molecule has 0 saturated carbocycles. The lowest BCUT2D eigenvalue weighted by Gasteiger charge is -2.32. The van der Waals surface area contributed by atoms with Crippen molar-refractivity contribution in [1.82, 2.24) is 9.62 Å². The number of nitrogens with zero attached hydrogens (tertiary/aromatic N) is 2. The molecule has 1 aromatic rings. The van der Waals surface area contributed by atoms with E-state index in [0.29, 0.717) is 23.7 Å². The minimum Gasteiger partial charge on any atom is -0.341 e. The van der Waals surface area contributed by atoms with Gasteiger partial charge in [-0.3, -0.25) is 14.5 Å². The van der Waals surface area contributed by atoms with Crippen molar-refractivity contribution in [2.24, 2.45) is 10.9 Å². The van der Waals surface area contributed by atoms with Gasteiger partial charge in [0.2, 0.25) is 5.91 Å². The largest absolute Gasteiger partial charge is 0.341 e. The van der Waals surface area contributed by atoms with Crippen LogP contribution in [-0.2, 0) is 14.8 Å². The molecule has 26 heavy (non-hydrogen) atoms. The fraction of sp³-hybridized carbons (Fsp3) is 0.579. The van der Waals surface area contributed by atoms with Crippen molar-refractivity contribution in [1.29, 1.82) is 0 Å². The molecule has 3 rings (SSSR count). The van der Waals surface area contributed by atoms with Gasteiger partial charge in [-0.2, -0.15) is 0 Å². The van der Waals surface area contributed by atoms with Gasteiger partial charge in [0.15, 0.2) is 0 Å². The van der Waals surface area contributed by atoms with Gasteiger partial charge >= 0.3 is 0 Å². The third-order valence-electron chi connectivity index (χ3n) is 5.16. The van der Waals surface area contributed by atoms with Crippen LogP contribution in [0.4, 0.5) is 0 Å². The Morgan fingerprint density at radius 1 is 1.31 bits per heavy atom. The van der Waals surface area contributed by atoms with Crippen LogP contribution in [0.2, 0.25) is 0 Å². The van der Waals surface area contributed by atoms with Crippen LogP contribution in [-0.4, -0.2) is 44.2 Å². The Labute approximate surface area is 155 Å². The normalized spacial score (nSPS) is 22.1. The van der Waals surface area contributed by atoms with Crippen molar-refractivity contribution in [3.8, 4) is 0 Å². The highest BCUT2D eigenvalue weighted by atomic mass is 32.2. The van der Waals surface area contributed by atoms with E-state index in [4.69, 9.17) is 0 Å². The maximum Gasteiger partial charge on any atom is 0.263 e. The van der Waals surface area contributed by atoms with Crippen molar-refractivity contribution in [3.05, 3.63) is 29.8 Å². The summed E-state index contributed by atoms with van der Waals surface area (Å²) in [7, 11) is -3.58. The van der Waals surface area contributed by atoms with Gasteiger partial charge in [-0.25, -0.2) is 8.42 Å². The lowest BCUT2D eigenvalue weighted by Crippen LogP contribution is -2.43. The molecule has 0 bridgehead atoms. The van der Waals surface area contributed by atoms with Gasteiger partial charge in [-0.15, -0.1) is 0 Å². The Hall–Kier alpha value is -1.89. The SMILES string of the molecule is CCCCC(N=C1NS(=O)(=O)c2ccccc21)C(=O)N1CCC(C)CC1. The zero-order valence-corrected chi connectivity index (χ0v) is 16.3. The number of fused-ring (bicyclic) bond motifs is 1. The summed E-state index contributed by atoms with van der Waals surface area (Å²) in [6.45, 7) is 5.80. The highest BCUT2D eigenvalue weighted by Gasteiger charge is 2.33. The van der Waals surface area contributed by atoms with Gasteiger partial charge in [0.25, 0.3) is 10.0 Å². The third-order valence-corrected chi connectivity index (χ3v) is 6.56. The number of likely N-dealkylation sites (tertiary alicyclic amines) is 1. The summed E-state index contributed by atoms with van der Waals surface area (Å²) < 4.78 is 27.1. The Balaban J connectivity index is 1.87. The lowest BCUT2D eigenvalue weighted by molar-refractivity contribution is -0.134. The number of aliphatic imine (C=N–C) groups is 1. The van der Waals surface area contributed by atoms with Crippen molar-refractivity contribution < 1.29 is 13.2 Å². The Morgan fingerprint density at radius 2 is 2.00 bits per heavy atom. The molecule has 1 N–H and O–H groups in total. The molecule has 0 spiro atoms. The number of hydrogen-bond donors (Lipinski definition) is 1. The van der Waals surface area contributed by atoms with E-state index >= 15 is 0 Å². The number of rotatable bonds is 5. The number of amides is 1. The standard InChI is InChI=1S/C19H27N3O3S/c1-3-4-8-16(19(23)22-12-10-14(2)11-13-22)20-18-15-7-5-6-9-17(15)26(24,25)21-18/h5-7,9,14,16H,3-4,8,10-13H2,1-2H3,(H,20,21). The number of hydrogen-bond acceptors (Lipinski definition) is 4. The van der Waals surface area contributed by atoms with Crippen molar-refractivity contribution in [2.75, 3.05) is 13.1 Å². The Kier molecular flexibility index (Phi) is 5.65. The van der Waals surface area contributed by atoms with Gasteiger partial charge in [0, 0.05) is 18.7 Å². The van der Waals surface area contributed by atoms with E-state index in [2.05, 4.69) is 23.6 Å². The second-order valence-electron chi connectivity index (χ2n) is 7.25. The van der Waals surface area contributed by atoms with E-state index in [1.54, 1.807) is 24.3 Å². The van der Waals surface area contributed by atoms with Gasteiger partial charge in [-0.1, -0.05) is 38.8 Å². The molecule has 2 aliphatic heterocycles. The number of nitrogens with one attached hydrogen (secondary N) is 1. The predicted octanol–water partition coefficient (Wildman–Crippen LogP) is 2.54. The smallest absolute Gasteiger partial charge is 0.263 e. The quantitative estimate of drug-likeness (QED) is 0.856. The molecule has 6 nitrogen and oxygen atoms in total. The molecule has 1 amide bonds. The minimum absolute atomic E-state index is 0.0152. The molecular formula is C19H27N3O3S. The summed E-state index contributed by atoms with van der Waals surface area (Å²) in [5.74, 6) is 0.954. The minimum atomic E-state index is -3.58. The summed E-state index contributed by atoms with van der Waals surface area (Å²) in [5.41, 5.74) is 0.550. The first-order chi connectivity index (χ1) is 12.4. The molecule has 1 saturated heterocycles. The zero-order valence-electron chi connectivity index (χ0n) is 15.4. The van der Waals surface area contributed by atoms with Crippen LogP contribution in [0.1, 0.15) is 51.5 Å². The second-order valence-corrected chi connectivity index (χ2v) is 8.90. The van der Waals surface area contributed by atoms with E-state index in [1.165, 1.54) is 0 Å². The van der Waals surface area contributed by atoms with Crippen LogP contribution in [0.15, 0.2) is 34.2 Å². The van der Waals surface area contributed by atoms with Crippen LogP contribution < -0.4 is 4.72 Å². The fourth-order valence-electron chi connectivity index (χ4n) is 3.47. The third kappa shape index (κ3) is 3.92. The van der Waals surface area contributed by atoms with Crippen LogP contribution in [0.5, 0.6) is 0 Å². The number of unbranched alkanes of at least 4 members (excludes halogenated alkanes) is 1. The molecule has 0 aliphatic carbocycles. The predicted molar refractivity (Wildman–Crippen MR) is 102 cm³/mol.